The van der Waals surface area contributed by atoms with E-state index in [1.165, 1.54) is 20.3 Å². The largest absolute Gasteiger partial charge is 0.493 e. The Labute approximate surface area is 99.5 Å². The molecule has 0 amide bonds. The molecule has 3 nitrogen and oxygen atoms in total. The van der Waals surface area contributed by atoms with Crippen LogP contribution in [0.4, 0.5) is 8.78 Å². The van der Waals surface area contributed by atoms with Gasteiger partial charge in [0.25, 0.3) is 5.92 Å². The molecule has 0 aliphatic rings. The third kappa shape index (κ3) is 3.06. The number of rotatable bonds is 5. The minimum Gasteiger partial charge on any atom is -0.493 e. The molecule has 5 heteroatoms. The molecule has 0 atom stereocenters. The van der Waals surface area contributed by atoms with Gasteiger partial charge < -0.3 is 15.2 Å². The van der Waals surface area contributed by atoms with Crippen LogP contribution in [0, 0.1) is 0 Å². The van der Waals surface area contributed by atoms with Gasteiger partial charge in [0.05, 0.1) is 19.8 Å². The molecule has 0 spiro atoms. The highest BCUT2D eigenvalue weighted by Crippen LogP contribution is 2.41. The molecule has 0 fully saturated rings. The van der Waals surface area contributed by atoms with Crippen LogP contribution in [0.25, 0.3) is 0 Å². The smallest absolute Gasteiger partial charge is 0.274 e. The molecule has 96 valence electrons. The first-order chi connectivity index (χ1) is 7.93. The normalized spacial score (nSPS) is 11.4. The number of ether oxygens (including phenoxy) is 2. The molecule has 0 unspecified atom stereocenters. The van der Waals surface area contributed by atoms with Gasteiger partial charge in [-0.1, -0.05) is 0 Å². The van der Waals surface area contributed by atoms with Crippen LogP contribution in [-0.4, -0.2) is 20.8 Å². The molecule has 0 saturated heterocycles. The van der Waals surface area contributed by atoms with E-state index in [9.17, 15) is 8.78 Å². The summed E-state index contributed by atoms with van der Waals surface area (Å²) >= 11 is 0. The molecule has 17 heavy (non-hydrogen) atoms. The fourth-order valence-corrected chi connectivity index (χ4v) is 1.66. The minimum absolute atomic E-state index is 0.0702. The first-order valence-corrected chi connectivity index (χ1v) is 5.27. The van der Waals surface area contributed by atoms with Crippen LogP contribution in [0.5, 0.6) is 11.5 Å². The van der Waals surface area contributed by atoms with Crippen molar-refractivity contribution in [2.45, 2.75) is 19.3 Å². The van der Waals surface area contributed by atoms with Gasteiger partial charge in [0.15, 0.2) is 11.5 Å². The van der Waals surface area contributed by atoms with Gasteiger partial charge in [-0.2, -0.15) is 0 Å². The first kappa shape index (κ1) is 13.7. The monoisotopic (exact) mass is 245 g/mol. The quantitative estimate of drug-likeness (QED) is 0.865. The van der Waals surface area contributed by atoms with Gasteiger partial charge in [-0.3, -0.25) is 0 Å². The molecule has 1 aromatic carbocycles. The Morgan fingerprint density at radius 2 is 1.88 bits per heavy atom. The highest BCUT2D eigenvalue weighted by Gasteiger charge is 2.31. The lowest BCUT2D eigenvalue weighted by Gasteiger charge is -2.19. The van der Waals surface area contributed by atoms with Crippen molar-refractivity contribution in [2.24, 2.45) is 5.73 Å². The highest BCUT2D eigenvalue weighted by atomic mass is 19.3. The summed E-state index contributed by atoms with van der Waals surface area (Å²) in [7, 11) is 2.76. The summed E-state index contributed by atoms with van der Waals surface area (Å²) in [5, 5.41) is 0. The van der Waals surface area contributed by atoms with E-state index in [2.05, 4.69) is 0 Å². The SMILES string of the molecule is COc1cc(CCN)cc(C(C)(F)F)c1OC. The zero-order valence-corrected chi connectivity index (χ0v) is 10.2. The summed E-state index contributed by atoms with van der Waals surface area (Å²) in [4.78, 5) is 0. The average Bonchev–Trinajstić information content (AvgIpc) is 2.27. The number of halogens is 2. The minimum atomic E-state index is -2.98. The van der Waals surface area contributed by atoms with Crippen molar-refractivity contribution in [1.82, 2.24) is 0 Å². The number of alkyl halides is 2. The fraction of sp³-hybridized carbons (Fsp3) is 0.500. The van der Waals surface area contributed by atoms with E-state index in [4.69, 9.17) is 15.2 Å². The topological polar surface area (TPSA) is 44.5 Å². The van der Waals surface area contributed by atoms with Gasteiger partial charge in [0.1, 0.15) is 0 Å². The van der Waals surface area contributed by atoms with Crippen molar-refractivity contribution in [3.63, 3.8) is 0 Å². The summed E-state index contributed by atoms with van der Waals surface area (Å²) in [6.45, 7) is 1.22. The molecule has 0 aromatic heterocycles. The third-order valence-corrected chi connectivity index (χ3v) is 2.44. The van der Waals surface area contributed by atoms with Crippen LogP contribution in [0.2, 0.25) is 0 Å². The maximum Gasteiger partial charge on any atom is 0.274 e. The second-order valence-corrected chi connectivity index (χ2v) is 3.81. The van der Waals surface area contributed by atoms with Gasteiger partial charge in [-0.05, 0) is 30.7 Å². The van der Waals surface area contributed by atoms with Crippen LogP contribution >= 0.6 is 0 Å². The Morgan fingerprint density at radius 3 is 2.29 bits per heavy atom. The van der Waals surface area contributed by atoms with Crippen LogP contribution in [0.1, 0.15) is 18.1 Å². The van der Waals surface area contributed by atoms with Crippen LogP contribution < -0.4 is 15.2 Å². The fourth-order valence-electron chi connectivity index (χ4n) is 1.66. The number of hydrogen-bond donors (Lipinski definition) is 1. The van der Waals surface area contributed by atoms with Gasteiger partial charge >= 0.3 is 0 Å². The van der Waals surface area contributed by atoms with E-state index in [-0.39, 0.29) is 11.3 Å². The number of methoxy groups -OCH3 is 2. The lowest BCUT2D eigenvalue weighted by atomic mass is 10.0. The predicted octanol–water partition coefficient (Wildman–Crippen LogP) is 2.32. The lowest BCUT2D eigenvalue weighted by molar-refractivity contribution is 0.0146. The maximum absolute atomic E-state index is 13.5. The molecular formula is C12H17F2NO2. The van der Waals surface area contributed by atoms with E-state index in [1.807, 2.05) is 0 Å². The van der Waals surface area contributed by atoms with Crippen molar-refractivity contribution >= 4 is 0 Å². The average molecular weight is 245 g/mol. The molecular weight excluding hydrogens is 228 g/mol. The Kier molecular flexibility index (Phi) is 4.28. The van der Waals surface area contributed by atoms with E-state index in [0.717, 1.165) is 6.92 Å². The summed E-state index contributed by atoms with van der Waals surface area (Å²) in [5.41, 5.74) is 5.95. The predicted molar refractivity (Wildman–Crippen MR) is 61.9 cm³/mol. The second kappa shape index (κ2) is 5.31. The highest BCUT2D eigenvalue weighted by molar-refractivity contribution is 5.51. The zero-order valence-electron chi connectivity index (χ0n) is 10.2. The van der Waals surface area contributed by atoms with E-state index >= 15 is 0 Å². The van der Waals surface area contributed by atoms with Crippen molar-refractivity contribution in [1.29, 1.82) is 0 Å². The maximum atomic E-state index is 13.5. The molecule has 0 aliphatic carbocycles. The molecule has 0 aliphatic heterocycles. The Hall–Kier alpha value is -1.36. The van der Waals surface area contributed by atoms with Gasteiger partial charge in [0.2, 0.25) is 0 Å². The molecule has 0 bridgehead atoms. The summed E-state index contributed by atoms with van der Waals surface area (Å²) < 4.78 is 37.0. The van der Waals surface area contributed by atoms with Crippen LogP contribution in [-0.2, 0) is 12.3 Å². The summed E-state index contributed by atoms with van der Waals surface area (Å²) in [5.74, 6) is -2.61. The second-order valence-electron chi connectivity index (χ2n) is 3.81. The Balaban J connectivity index is 3.37. The standard InChI is InChI=1S/C12H17F2NO2/c1-12(13,14)9-6-8(4-5-15)7-10(16-2)11(9)17-3/h6-7H,4-5,15H2,1-3H3. The Morgan fingerprint density at radius 1 is 1.24 bits per heavy atom. The van der Waals surface area contributed by atoms with E-state index in [0.29, 0.717) is 24.3 Å². The van der Waals surface area contributed by atoms with Crippen molar-refractivity contribution < 1.29 is 18.3 Å². The molecule has 0 radical (unpaired) electrons. The molecule has 0 saturated carbocycles. The third-order valence-electron chi connectivity index (χ3n) is 2.44. The summed E-state index contributed by atoms with van der Waals surface area (Å²) in [6, 6.07) is 3.08. The molecule has 0 heterocycles. The Bertz CT molecular complexity index is 389. The molecule has 1 rings (SSSR count). The van der Waals surface area contributed by atoms with Gasteiger partial charge in [0, 0.05) is 6.92 Å². The van der Waals surface area contributed by atoms with E-state index in [1.54, 1.807) is 6.07 Å². The molecule has 2 N–H and O–H groups in total. The van der Waals surface area contributed by atoms with Gasteiger partial charge in [-0.25, -0.2) is 8.78 Å². The number of nitrogens with two attached hydrogens (primary N) is 1. The van der Waals surface area contributed by atoms with E-state index < -0.39 is 5.92 Å². The number of benzene rings is 1. The van der Waals surface area contributed by atoms with Crippen molar-refractivity contribution in [3.05, 3.63) is 23.3 Å². The molecule has 1 aromatic rings. The van der Waals surface area contributed by atoms with Crippen LogP contribution in [0.15, 0.2) is 12.1 Å². The summed E-state index contributed by atoms with van der Waals surface area (Å²) in [6.07, 6.45) is 0.517. The van der Waals surface area contributed by atoms with Gasteiger partial charge in [-0.15, -0.1) is 0 Å². The first-order valence-electron chi connectivity index (χ1n) is 5.27. The van der Waals surface area contributed by atoms with Crippen molar-refractivity contribution in [2.75, 3.05) is 20.8 Å². The lowest BCUT2D eigenvalue weighted by Crippen LogP contribution is -2.12. The number of hydrogen-bond acceptors (Lipinski definition) is 3. The van der Waals surface area contributed by atoms with Crippen molar-refractivity contribution in [3.8, 4) is 11.5 Å². The van der Waals surface area contributed by atoms with Crippen LogP contribution in [0.3, 0.4) is 0 Å². The zero-order chi connectivity index (χ0) is 13.1.